The number of nitrogens with zero attached hydrogens (tertiary/aromatic N) is 4. The second-order valence-corrected chi connectivity index (χ2v) is 26.4. The molecular formula is C52H68BN5O6S2U. The number of hydrogen-bond acceptors (Lipinski definition) is 10. The van der Waals surface area contributed by atoms with Gasteiger partial charge in [-0.05, 0) is 187 Å². The average molecular weight is 1170 g/mol. The number of aromatic nitrogens is 4. The van der Waals surface area contributed by atoms with Crippen molar-refractivity contribution in [3.8, 4) is 34.6 Å². The Bertz CT molecular complexity index is 2630. The van der Waals surface area contributed by atoms with Crippen molar-refractivity contribution in [1.29, 1.82) is 1.34 Å². The molecule has 2 radical (unpaired) electrons. The smallest absolute Gasteiger partial charge is 0.412 e. The maximum atomic E-state index is 12.6. The maximum Gasteiger partial charge on any atom is 0.412 e. The first kappa shape index (κ1) is 54.1. The van der Waals surface area contributed by atoms with E-state index in [-0.39, 0.29) is 48.7 Å². The van der Waals surface area contributed by atoms with Gasteiger partial charge >= 0.3 is 6.09 Å². The van der Waals surface area contributed by atoms with Crippen LogP contribution >= 0.6 is 0 Å². The molecule has 4 heterocycles. The Hall–Kier alpha value is -3.81. The monoisotopic (exact) mass is 1170 g/mol. The van der Waals surface area contributed by atoms with Gasteiger partial charge in [0.05, 0.1) is 60.7 Å². The molecular weight excluding hydrogens is 1100 g/mol. The molecule has 0 aromatic carbocycles. The minimum absolute atomic E-state index is 0. The predicted octanol–water partition coefficient (Wildman–Crippen LogP) is 10.3. The molecule has 67 heavy (non-hydrogen) atoms. The molecule has 0 bridgehead atoms. The molecule has 15 heteroatoms. The van der Waals surface area contributed by atoms with E-state index in [1.54, 1.807) is 66.2 Å². The summed E-state index contributed by atoms with van der Waals surface area (Å²) in [5.41, 5.74) is 7.42. The van der Waals surface area contributed by atoms with Crippen molar-refractivity contribution in [3.63, 3.8) is 0 Å². The van der Waals surface area contributed by atoms with Gasteiger partial charge in [0.25, 0.3) is 0 Å². The van der Waals surface area contributed by atoms with Crippen LogP contribution in [0.1, 0.15) is 131 Å². The van der Waals surface area contributed by atoms with E-state index in [0.29, 0.717) is 40.2 Å². The summed E-state index contributed by atoms with van der Waals surface area (Å²) in [5, 5.41) is 2.81. The Kier molecular flexibility index (Phi) is 18.7. The third kappa shape index (κ3) is 15.6. The number of allylic oxidation sites excluding steroid dienone is 1. The number of nitrogens with one attached hydrogen (secondary N) is 1. The van der Waals surface area contributed by atoms with Crippen molar-refractivity contribution >= 4 is 45.9 Å². The van der Waals surface area contributed by atoms with Crippen LogP contribution in [0.3, 0.4) is 0 Å². The summed E-state index contributed by atoms with van der Waals surface area (Å²) < 4.78 is 59.5. The van der Waals surface area contributed by atoms with Crippen LogP contribution in [0.5, 0.6) is 0 Å². The summed E-state index contributed by atoms with van der Waals surface area (Å²) in [7, 11) is -2.42. The molecule has 1 amide bonds. The van der Waals surface area contributed by atoms with E-state index in [0.717, 1.165) is 74.9 Å². The third-order valence-corrected chi connectivity index (χ3v) is 18.1. The van der Waals surface area contributed by atoms with Crippen molar-refractivity contribution in [2.45, 2.75) is 135 Å². The summed E-state index contributed by atoms with van der Waals surface area (Å²) in [5.74, 6) is 8.29. The topological polar surface area (TPSA) is 158 Å². The summed E-state index contributed by atoms with van der Waals surface area (Å²) >= 11 is 0. The molecule has 4 aromatic heterocycles. The molecule has 4 aromatic rings. The largest absolute Gasteiger partial charge is 0.444 e. The van der Waals surface area contributed by atoms with Crippen LogP contribution in [0, 0.1) is 66.6 Å². The van der Waals surface area contributed by atoms with E-state index < -0.39 is 40.9 Å². The Morgan fingerprint density at radius 1 is 0.731 bits per heavy atom. The Labute approximate surface area is 427 Å². The summed E-state index contributed by atoms with van der Waals surface area (Å²) in [6, 6.07) is 17.4. The fourth-order valence-electron chi connectivity index (χ4n) is 8.34. The van der Waals surface area contributed by atoms with Crippen LogP contribution in [0.2, 0.25) is 0 Å². The van der Waals surface area contributed by atoms with Gasteiger partial charge < -0.3 is 4.74 Å². The van der Waals surface area contributed by atoms with Crippen molar-refractivity contribution in [2.24, 2.45) is 23.7 Å². The van der Waals surface area contributed by atoms with Crippen molar-refractivity contribution in [3.05, 3.63) is 95.6 Å². The molecule has 2 fully saturated rings. The van der Waals surface area contributed by atoms with E-state index in [9.17, 15) is 21.6 Å². The quantitative estimate of drug-likeness (QED) is 0.133. The van der Waals surface area contributed by atoms with E-state index in [1.807, 2.05) is 57.2 Å². The molecule has 11 nitrogen and oxygen atoms in total. The summed E-state index contributed by atoms with van der Waals surface area (Å²) in [6.45, 7) is 16.1. The maximum absolute atomic E-state index is 12.6. The molecule has 0 atom stereocenters. The van der Waals surface area contributed by atoms with Crippen LogP contribution in [0.25, 0.3) is 28.9 Å². The SMILES string of the molecule is CC(C)(C)OC(=O)Nc1cc(-c2ccccn2)ncc1C#CC1CCC(CS(=O)(=O)C(C)(C)C)CC1.CC(C)(C)S(=O)(=O)CC1CCC(C2=Cc3nc(-c4ccccn4)ccc3C2)CC1.[2H][B].[U]. The van der Waals surface area contributed by atoms with Crippen molar-refractivity contribution < 1.29 is 57.5 Å². The van der Waals surface area contributed by atoms with Gasteiger partial charge in [0.15, 0.2) is 19.7 Å². The second-order valence-electron chi connectivity index (χ2n) is 20.8. The number of ether oxygens (including phenoxy) is 1. The van der Waals surface area contributed by atoms with Crippen LogP contribution in [0.4, 0.5) is 10.5 Å². The van der Waals surface area contributed by atoms with Gasteiger partial charge in [0.1, 0.15) is 5.60 Å². The van der Waals surface area contributed by atoms with Crippen LogP contribution < -0.4 is 5.32 Å². The molecule has 0 spiro atoms. The fraction of sp³-hybridized carbons (Fsp3) is 0.519. The first-order valence-electron chi connectivity index (χ1n) is 23.5. The van der Waals surface area contributed by atoms with E-state index >= 15 is 0 Å². The number of carbonyl (C=O) groups excluding carboxylic acids is 1. The fourth-order valence-corrected chi connectivity index (χ4v) is 11.3. The van der Waals surface area contributed by atoms with Gasteiger partial charge in [-0.25, -0.2) is 26.6 Å². The number of anilines is 1. The molecule has 0 unspecified atom stereocenters. The van der Waals surface area contributed by atoms with Gasteiger partial charge in [-0.2, -0.15) is 0 Å². The van der Waals surface area contributed by atoms with E-state index in [2.05, 4.69) is 58.7 Å². The number of sulfone groups is 2. The minimum atomic E-state index is -3.13. The number of pyridine rings is 4. The molecule has 3 aliphatic carbocycles. The zero-order chi connectivity index (χ0) is 49.2. The molecule has 1 N–H and O–H groups in total. The zero-order valence-electron chi connectivity index (χ0n) is 41.7. The standard InChI is InChI=1S/C28H37N3O4S.C24H30N2O2S.BH.U/c1-27(2,3)35-26(32)31-24-17-25(23-9-7-8-16-29-23)30-18-22(24)15-14-20-10-12-21(13-11-20)19-36(33,34)28(4,5)6;1-24(2,3)29(27,28)16-17-7-9-18(10-8-17)20-14-19-11-12-22(26-23(19)15-20)21-6-4-5-13-25-21;;/h7-9,16-18,20-21H,10-13,19H2,1-6H3,(H,30,31,32);4-6,11-13,15,17-18H,7-10,14,16H2,1-3H3;1H;/i;;1D;. The minimum Gasteiger partial charge on any atom is -0.444 e. The van der Waals surface area contributed by atoms with E-state index in [1.165, 1.54) is 11.1 Å². The van der Waals surface area contributed by atoms with Gasteiger partial charge in [-0.3, -0.25) is 20.3 Å². The van der Waals surface area contributed by atoms with Gasteiger partial charge in [0.2, 0.25) is 0 Å². The van der Waals surface area contributed by atoms with Crippen LogP contribution in [0.15, 0.2) is 78.8 Å². The third-order valence-electron chi connectivity index (χ3n) is 12.5. The molecule has 3 aliphatic rings. The first-order valence-corrected chi connectivity index (χ1v) is 26.3. The Morgan fingerprint density at radius 3 is 1.78 bits per heavy atom. The Morgan fingerprint density at radius 2 is 1.27 bits per heavy atom. The molecule has 0 saturated heterocycles. The molecule has 7 rings (SSSR count). The van der Waals surface area contributed by atoms with Crippen LogP contribution in [-0.4, -0.2) is 79.2 Å². The number of carbonyl (C=O) groups is 1. The predicted molar refractivity (Wildman–Crippen MR) is 268 cm³/mol. The molecule has 356 valence electrons. The second kappa shape index (κ2) is 23.2. The first-order chi connectivity index (χ1) is 31.5. The van der Waals surface area contributed by atoms with Crippen LogP contribution in [-0.2, 0) is 30.8 Å². The average Bonchev–Trinajstić information content (AvgIpc) is 3.70. The molecule has 0 aliphatic heterocycles. The van der Waals surface area contributed by atoms with Gasteiger partial charge in [-0.15, -0.1) is 0 Å². The number of amides is 1. The van der Waals surface area contributed by atoms with E-state index in [4.69, 9.17) is 11.1 Å². The number of fused-ring (bicyclic) bond motifs is 1. The molecule has 2 saturated carbocycles. The number of rotatable bonds is 8. The van der Waals surface area contributed by atoms with Gasteiger partial charge in [-0.1, -0.05) is 35.6 Å². The van der Waals surface area contributed by atoms with Crippen molar-refractivity contribution in [2.75, 3.05) is 16.8 Å². The van der Waals surface area contributed by atoms with Gasteiger partial charge in [0, 0.05) is 64.0 Å². The Balaban J connectivity index is 0.000000287. The normalized spacial score (nSPS) is 19.7. The number of hydrogen-bond donors (Lipinski definition) is 1. The summed E-state index contributed by atoms with van der Waals surface area (Å²) in [6.07, 6.45) is 15.3. The zero-order valence-corrected chi connectivity index (χ0v) is 46.5. The van der Waals surface area contributed by atoms with Crippen molar-refractivity contribution in [1.82, 2.24) is 19.9 Å². The summed E-state index contributed by atoms with van der Waals surface area (Å²) in [4.78, 5) is 30.6.